The summed E-state index contributed by atoms with van der Waals surface area (Å²) in [6.07, 6.45) is 1.07. The molecule has 1 unspecified atom stereocenters. The number of aryl methyl sites for hydroxylation is 1. The lowest BCUT2D eigenvalue weighted by Crippen LogP contribution is -2.38. The van der Waals surface area contributed by atoms with E-state index in [1.165, 1.54) is 0 Å². The monoisotopic (exact) mass is 365 g/mol. The Hall–Kier alpha value is -2.95. The second-order valence-electron chi connectivity index (χ2n) is 6.82. The van der Waals surface area contributed by atoms with Crippen molar-refractivity contribution >= 4 is 17.7 Å². The van der Waals surface area contributed by atoms with E-state index in [2.05, 4.69) is 0 Å². The summed E-state index contributed by atoms with van der Waals surface area (Å²) < 4.78 is 5.37. The van der Waals surface area contributed by atoms with Crippen molar-refractivity contribution in [2.45, 2.75) is 32.8 Å². The molecule has 5 nitrogen and oxygen atoms in total. The third kappa shape index (κ3) is 4.25. The van der Waals surface area contributed by atoms with E-state index >= 15 is 0 Å². The highest BCUT2D eigenvalue weighted by molar-refractivity contribution is 6.14. The number of likely N-dealkylation sites (tertiary alicyclic amines) is 1. The largest absolute Gasteiger partial charge is 0.449 e. The van der Waals surface area contributed by atoms with Crippen LogP contribution in [0.3, 0.4) is 0 Å². The Kier molecular flexibility index (Phi) is 5.69. The summed E-state index contributed by atoms with van der Waals surface area (Å²) in [6.45, 7) is 4.91. The number of ether oxygens (including phenoxy) is 1. The first-order valence-corrected chi connectivity index (χ1v) is 9.17. The summed E-state index contributed by atoms with van der Waals surface area (Å²) in [5.41, 5.74) is 1.99. The fourth-order valence-electron chi connectivity index (χ4n) is 3.19. The van der Waals surface area contributed by atoms with Crippen molar-refractivity contribution in [1.82, 2.24) is 4.90 Å². The van der Waals surface area contributed by atoms with E-state index in [1.54, 1.807) is 48.2 Å². The number of esters is 1. The molecule has 0 N–H and O–H groups in total. The Balaban J connectivity index is 1.78. The second kappa shape index (κ2) is 8.16. The van der Waals surface area contributed by atoms with Crippen LogP contribution < -0.4 is 0 Å². The minimum Gasteiger partial charge on any atom is -0.449 e. The molecule has 1 fully saturated rings. The third-order valence-electron chi connectivity index (χ3n) is 4.75. The van der Waals surface area contributed by atoms with E-state index in [-0.39, 0.29) is 22.8 Å². The molecule has 2 aromatic carbocycles. The summed E-state index contributed by atoms with van der Waals surface area (Å²) in [5.74, 6) is -1.10. The zero-order valence-corrected chi connectivity index (χ0v) is 15.6. The summed E-state index contributed by atoms with van der Waals surface area (Å²) in [5, 5.41) is 0. The summed E-state index contributed by atoms with van der Waals surface area (Å²) in [6, 6.07) is 13.7. The lowest BCUT2D eigenvalue weighted by atomic mass is 9.98. The zero-order valence-electron chi connectivity index (χ0n) is 15.6. The number of rotatable bonds is 5. The summed E-state index contributed by atoms with van der Waals surface area (Å²) >= 11 is 0. The van der Waals surface area contributed by atoms with Gasteiger partial charge in [0.25, 0.3) is 5.91 Å². The highest BCUT2D eigenvalue weighted by Gasteiger charge is 2.27. The average Bonchev–Trinajstić information content (AvgIpc) is 3.22. The molecular formula is C22H23NO4. The van der Waals surface area contributed by atoms with Gasteiger partial charge in [0.2, 0.25) is 0 Å². The maximum atomic E-state index is 12.8. The van der Waals surface area contributed by atoms with Gasteiger partial charge in [0.05, 0.1) is 5.56 Å². The lowest BCUT2D eigenvalue weighted by molar-refractivity contribution is -0.138. The highest BCUT2D eigenvalue weighted by atomic mass is 16.5. The van der Waals surface area contributed by atoms with Gasteiger partial charge in [-0.2, -0.15) is 0 Å². The van der Waals surface area contributed by atoms with Crippen LogP contribution in [0.5, 0.6) is 0 Å². The van der Waals surface area contributed by atoms with Gasteiger partial charge in [-0.1, -0.05) is 48.0 Å². The standard InChI is InChI=1S/C22H23NO4/c1-15-9-11-17(12-10-15)20(24)18-7-3-4-8-19(18)22(26)27-16(2)21(25)23-13-5-6-14-23/h3-4,7-12,16H,5-6,13-14H2,1-2H3. The van der Waals surface area contributed by atoms with Crippen LogP contribution in [0.4, 0.5) is 0 Å². The van der Waals surface area contributed by atoms with Crippen molar-refractivity contribution in [3.63, 3.8) is 0 Å². The molecule has 1 atom stereocenters. The van der Waals surface area contributed by atoms with Gasteiger partial charge in [-0.15, -0.1) is 0 Å². The molecule has 5 heteroatoms. The number of carbonyl (C=O) groups is 3. The number of amides is 1. The molecule has 0 aliphatic carbocycles. The summed E-state index contributed by atoms with van der Waals surface area (Å²) in [4.78, 5) is 39.5. The van der Waals surface area contributed by atoms with E-state index in [0.29, 0.717) is 18.7 Å². The molecule has 0 bridgehead atoms. The van der Waals surface area contributed by atoms with E-state index in [9.17, 15) is 14.4 Å². The molecule has 1 amide bonds. The molecule has 1 saturated heterocycles. The Morgan fingerprint density at radius 3 is 2.15 bits per heavy atom. The predicted octanol–water partition coefficient (Wildman–Crippen LogP) is 3.39. The highest BCUT2D eigenvalue weighted by Crippen LogP contribution is 2.18. The van der Waals surface area contributed by atoms with Crippen molar-refractivity contribution < 1.29 is 19.1 Å². The maximum absolute atomic E-state index is 12.8. The van der Waals surface area contributed by atoms with Crippen LogP contribution in [0.2, 0.25) is 0 Å². The first-order valence-electron chi connectivity index (χ1n) is 9.17. The number of hydrogen-bond acceptors (Lipinski definition) is 4. The number of nitrogens with zero attached hydrogens (tertiary/aromatic N) is 1. The van der Waals surface area contributed by atoms with Gasteiger partial charge in [-0.3, -0.25) is 9.59 Å². The van der Waals surface area contributed by atoms with Crippen molar-refractivity contribution in [2.24, 2.45) is 0 Å². The van der Waals surface area contributed by atoms with Gasteiger partial charge in [0, 0.05) is 24.2 Å². The van der Waals surface area contributed by atoms with Crippen LogP contribution in [-0.4, -0.2) is 41.8 Å². The lowest BCUT2D eigenvalue weighted by Gasteiger charge is -2.20. The molecule has 2 aromatic rings. The number of benzene rings is 2. The van der Waals surface area contributed by atoms with Crippen LogP contribution in [0.25, 0.3) is 0 Å². The van der Waals surface area contributed by atoms with Gasteiger partial charge in [0.15, 0.2) is 11.9 Å². The molecule has 3 rings (SSSR count). The van der Waals surface area contributed by atoms with Gasteiger partial charge in [-0.05, 0) is 32.8 Å². The molecule has 0 aromatic heterocycles. The van der Waals surface area contributed by atoms with E-state index in [0.717, 1.165) is 18.4 Å². The molecule has 0 radical (unpaired) electrons. The number of carbonyl (C=O) groups excluding carboxylic acids is 3. The van der Waals surface area contributed by atoms with Crippen molar-refractivity contribution in [3.05, 3.63) is 70.8 Å². The molecule has 1 aliphatic heterocycles. The molecule has 140 valence electrons. The predicted molar refractivity (Wildman–Crippen MR) is 102 cm³/mol. The molecule has 0 saturated carbocycles. The van der Waals surface area contributed by atoms with Crippen molar-refractivity contribution in [2.75, 3.05) is 13.1 Å². The van der Waals surface area contributed by atoms with Gasteiger partial charge in [-0.25, -0.2) is 4.79 Å². The van der Waals surface area contributed by atoms with Crippen LogP contribution in [0.1, 0.15) is 51.6 Å². The fraction of sp³-hybridized carbons (Fsp3) is 0.318. The smallest absolute Gasteiger partial charge is 0.339 e. The summed E-state index contributed by atoms with van der Waals surface area (Å²) in [7, 11) is 0. The van der Waals surface area contributed by atoms with Crippen LogP contribution in [-0.2, 0) is 9.53 Å². The first kappa shape index (κ1) is 18.8. The Bertz CT molecular complexity index is 851. The van der Waals surface area contributed by atoms with E-state index < -0.39 is 12.1 Å². The van der Waals surface area contributed by atoms with E-state index in [4.69, 9.17) is 4.74 Å². The second-order valence-corrected chi connectivity index (χ2v) is 6.82. The quantitative estimate of drug-likeness (QED) is 0.602. The van der Waals surface area contributed by atoms with E-state index in [1.807, 2.05) is 19.1 Å². The molecule has 1 heterocycles. The molecule has 0 spiro atoms. The third-order valence-corrected chi connectivity index (χ3v) is 4.75. The number of hydrogen-bond donors (Lipinski definition) is 0. The maximum Gasteiger partial charge on any atom is 0.339 e. The Labute approximate surface area is 158 Å². The SMILES string of the molecule is Cc1ccc(C(=O)c2ccccc2C(=O)OC(C)C(=O)N2CCCC2)cc1. The minimum absolute atomic E-state index is 0.171. The van der Waals surface area contributed by atoms with Crippen molar-refractivity contribution in [3.8, 4) is 0 Å². The normalized spacial score (nSPS) is 14.7. The van der Waals surface area contributed by atoms with Gasteiger partial charge >= 0.3 is 5.97 Å². The van der Waals surface area contributed by atoms with Crippen LogP contribution >= 0.6 is 0 Å². The first-order chi connectivity index (χ1) is 13.0. The van der Waals surface area contributed by atoms with Crippen molar-refractivity contribution in [1.29, 1.82) is 0 Å². The molecule has 1 aliphatic rings. The number of ketones is 1. The Morgan fingerprint density at radius 2 is 1.52 bits per heavy atom. The zero-order chi connectivity index (χ0) is 19.4. The fourth-order valence-corrected chi connectivity index (χ4v) is 3.19. The minimum atomic E-state index is -0.877. The topological polar surface area (TPSA) is 63.7 Å². The van der Waals surface area contributed by atoms with Crippen LogP contribution in [0.15, 0.2) is 48.5 Å². The molecular weight excluding hydrogens is 342 g/mol. The van der Waals surface area contributed by atoms with Gasteiger partial charge in [0.1, 0.15) is 0 Å². The average molecular weight is 365 g/mol. The van der Waals surface area contributed by atoms with Crippen LogP contribution in [0, 0.1) is 6.92 Å². The Morgan fingerprint density at radius 1 is 0.926 bits per heavy atom. The van der Waals surface area contributed by atoms with Gasteiger partial charge < -0.3 is 9.64 Å². The molecule has 27 heavy (non-hydrogen) atoms.